The zero-order valence-corrected chi connectivity index (χ0v) is 32.1. The Hall–Kier alpha value is -4.27. The van der Waals surface area contributed by atoms with Gasteiger partial charge in [-0.1, -0.05) is 26.8 Å². The van der Waals surface area contributed by atoms with Crippen molar-refractivity contribution in [2.45, 2.75) is 84.5 Å². The standard InChI is InChI=1S/C40H46F2N6O5S/c1-7-47-30-11-10-22-14-25(30)26(35(47)23-9-8-12-43-33(23)21(3)52-6)16-39(4,5)19-53-38(51)34-32-27(40(32,41)42)17-48(46-34)37(50)28(15-31-44-29(22)18-54-31)45-36(49)24-13-20(24)2/h8-12,14,18,20-21,24,27-28,32,34,46H,7,13,15-17,19H2,1-6H3,(H,45,49). The number of amides is 2. The van der Waals surface area contributed by atoms with Crippen LogP contribution in [0, 0.1) is 29.1 Å². The van der Waals surface area contributed by atoms with Crippen molar-refractivity contribution in [1.82, 2.24) is 30.3 Å². The number of hydrogen-bond acceptors (Lipinski definition) is 9. The molecule has 7 unspecified atom stereocenters. The number of rotatable bonds is 6. The molecule has 7 atom stereocenters. The maximum absolute atomic E-state index is 15.2. The van der Waals surface area contributed by atoms with Gasteiger partial charge in [0.05, 0.1) is 46.6 Å². The Morgan fingerprint density at radius 2 is 2.02 bits per heavy atom. The van der Waals surface area contributed by atoms with Gasteiger partial charge in [-0.3, -0.25) is 24.4 Å². The summed E-state index contributed by atoms with van der Waals surface area (Å²) in [5, 5.41) is 7.54. The number of alkyl halides is 2. The van der Waals surface area contributed by atoms with Gasteiger partial charge in [-0.05, 0) is 62.4 Å². The first-order valence-electron chi connectivity index (χ1n) is 18.7. The summed E-state index contributed by atoms with van der Waals surface area (Å²) in [6, 6.07) is 7.72. The molecule has 6 bridgehead atoms. The SMILES string of the molecule is CCn1c(-c2cccnc2C(C)OC)c2c3cc(ccc31)-c1csc(n1)CC(NC(=O)C1CC1C)C(=O)N1CC3C(C(N1)C(=O)OCC(C)(C)C2)C3(F)F. The van der Waals surface area contributed by atoms with Crippen LogP contribution in [0.5, 0.6) is 0 Å². The van der Waals surface area contributed by atoms with E-state index in [1.165, 1.54) is 11.3 Å². The summed E-state index contributed by atoms with van der Waals surface area (Å²) in [5.74, 6) is -7.36. The van der Waals surface area contributed by atoms with Gasteiger partial charge >= 0.3 is 5.97 Å². The van der Waals surface area contributed by atoms with E-state index >= 15 is 8.78 Å². The van der Waals surface area contributed by atoms with Gasteiger partial charge in [0.1, 0.15) is 12.1 Å². The average molecular weight is 761 g/mol. The third kappa shape index (κ3) is 6.39. The van der Waals surface area contributed by atoms with Crippen molar-refractivity contribution in [3.8, 4) is 22.5 Å². The summed E-state index contributed by atoms with van der Waals surface area (Å²) in [6.07, 6.45) is 2.73. The largest absolute Gasteiger partial charge is 0.464 e. The van der Waals surface area contributed by atoms with Crippen LogP contribution in [-0.2, 0) is 43.2 Å². The number of fused-ring (bicyclic) bond motifs is 8. The molecule has 5 heterocycles. The number of ether oxygens (including phenoxy) is 2. The van der Waals surface area contributed by atoms with Crippen molar-refractivity contribution in [2.24, 2.45) is 29.1 Å². The minimum absolute atomic E-state index is 0.0546. The number of nitrogens with zero attached hydrogens (tertiary/aromatic N) is 4. The van der Waals surface area contributed by atoms with Crippen LogP contribution in [0.2, 0.25) is 0 Å². The van der Waals surface area contributed by atoms with E-state index in [-0.39, 0.29) is 43.4 Å². The number of aromatic nitrogens is 3. The summed E-state index contributed by atoms with van der Waals surface area (Å²) < 4.78 is 44.4. The average Bonchev–Trinajstić information content (AvgIpc) is 3.87. The third-order valence-electron chi connectivity index (χ3n) is 11.7. The molecule has 2 amide bonds. The lowest BCUT2D eigenvalue weighted by Crippen LogP contribution is -2.61. The fraction of sp³-hybridized carbons (Fsp3) is 0.525. The number of thiazole rings is 1. The van der Waals surface area contributed by atoms with E-state index in [1.54, 1.807) is 13.3 Å². The van der Waals surface area contributed by atoms with Crippen LogP contribution in [0.25, 0.3) is 33.4 Å². The summed E-state index contributed by atoms with van der Waals surface area (Å²) >= 11 is 1.37. The van der Waals surface area contributed by atoms with Gasteiger partial charge in [0.2, 0.25) is 5.91 Å². The number of aryl methyl sites for hydroxylation is 1. The second-order valence-corrected chi connectivity index (χ2v) is 17.1. The first kappa shape index (κ1) is 36.7. The number of esters is 1. The number of pyridine rings is 1. The van der Waals surface area contributed by atoms with E-state index in [9.17, 15) is 14.4 Å². The molecular formula is C40H46F2N6O5S. The monoisotopic (exact) mass is 760 g/mol. The fourth-order valence-corrected chi connectivity index (χ4v) is 9.21. The summed E-state index contributed by atoms with van der Waals surface area (Å²) in [6.45, 7) is 10.3. The molecular weight excluding hydrogens is 715 g/mol. The highest BCUT2D eigenvalue weighted by atomic mass is 32.1. The summed E-state index contributed by atoms with van der Waals surface area (Å²) in [7, 11) is 1.66. The Morgan fingerprint density at radius 3 is 2.74 bits per heavy atom. The first-order valence-corrected chi connectivity index (χ1v) is 19.6. The zero-order chi connectivity index (χ0) is 38.3. The number of nitrogens with one attached hydrogen (secondary N) is 2. The number of benzene rings is 1. The highest BCUT2D eigenvalue weighted by Crippen LogP contribution is 2.59. The minimum Gasteiger partial charge on any atom is -0.464 e. The highest BCUT2D eigenvalue weighted by Gasteiger charge is 2.75. The molecule has 1 aromatic carbocycles. The van der Waals surface area contributed by atoms with Gasteiger partial charge in [0.15, 0.2) is 0 Å². The number of cyclic esters (lactones) is 1. The maximum Gasteiger partial charge on any atom is 0.325 e. The van der Waals surface area contributed by atoms with E-state index in [0.717, 1.165) is 56.1 Å². The van der Waals surface area contributed by atoms with Crippen molar-refractivity contribution in [2.75, 3.05) is 20.3 Å². The lowest BCUT2D eigenvalue weighted by molar-refractivity contribution is -0.156. The molecule has 11 nitrogen and oxygen atoms in total. The van der Waals surface area contributed by atoms with Crippen LogP contribution < -0.4 is 10.7 Å². The molecule has 286 valence electrons. The molecule has 8 rings (SSSR count). The quantitative estimate of drug-likeness (QED) is 0.231. The van der Waals surface area contributed by atoms with Crippen LogP contribution in [0.1, 0.15) is 63.4 Å². The number of carbonyl (C=O) groups is 3. The van der Waals surface area contributed by atoms with Crippen LogP contribution in [-0.4, -0.2) is 75.6 Å². The van der Waals surface area contributed by atoms with E-state index < -0.39 is 47.1 Å². The van der Waals surface area contributed by atoms with Crippen molar-refractivity contribution in [1.29, 1.82) is 0 Å². The maximum atomic E-state index is 15.2. The molecule has 2 aliphatic heterocycles. The molecule has 4 aromatic rings. The predicted molar refractivity (Wildman–Crippen MR) is 199 cm³/mol. The highest BCUT2D eigenvalue weighted by molar-refractivity contribution is 7.10. The zero-order valence-electron chi connectivity index (χ0n) is 31.3. The Bertz CT molecular complexity index is 2150. The van der Waals surface area contributed by atoms with Gasteiger partial charge in [0, 0.05) is 71.6 Å². The molecule has 54 heavy (non-hydrogen) atoms. The van der Waals surface area contributed by atoms with Crippen molar-refractivity contribution in [3.63, 3.8) is 0 Å². The topological polar surface area (TPSA) is 128 Å². The molecule has 1 saturated heterocycles. The minimum atomic E-state index is -3.15. The Morgan fingerprint density at radius 1 is 1.24 bits per heavy atom. The van der Waals surface area contributed by atoms with Gasteiger partial charge in [-0.25, -0.2) is 19.2 Å². The summed E-state index contributed by atoms with van der Waals surface area (Å²) in [5.41, 5.74) is 8.53. The van der Waals surface area contributed by atoms with Gasteiger partial charge in [-0.15, -0.1) is 11.3 Å². The molecule has 3 aromatic heterocycles. The second kappa shape index (κ2) is 13.5. The number of halogens is 2. The van der Waals surface area contributed by atoms with Crippen LogP contribution in [0.4, 0.5) is 8.78 Å². The predicted octanol–water partition coefficient (Wildman–Crippen LogP) is 5.96. The number of hydrazine groups is 1. The number of carbonyl (C=O) groups excluding carboxylic acids is 3. The Balaban J connectivity index is 1.26. The summed E-state index contributed by atoms with van der Waals surface area (Å²) in [4.78, 5) is 50.8. The normalized spacial score (nSPS) is 27.8. The second-order valence-electron chi connectivity index (χ2n) is 16.1. The molecule has 2 saturated carbocycles. The molecule has 0 radical (unpaired) electrons. The van der Waals surface area contributed by atoms with Crippen molar-refractivity contribution < 1.29 is 32.6 Å². The molecule has 2 aliphatic carbocycles. The molecule has 3 fully saturated rings. The van der Waals surface area contributed by atoms with Crippen LogP contribution in [0.15, 0.2) is 41.9 Å². The van der Waals surface area contributed by atoms with E-state index in [4.69, 9.17) is 19.4 Å². The lowest BCUT2D eigenvalue weighted by atomic mass is 9.84. The molecule has 4 aliphatic rings. The Kier molecular flexibility index (Phi) is 9.16. The molecule has 0 spiro atoms. The van der Waals surface area contributed by atoms with Crippen molar-refractivity contribution in [3.05, 3.63) is 58.2 Å². The number of hydrogen-bond donors (Lipinski definition) is 2. The van der Waals surface area contributed by atoms with E-state index in [0.29, 0.717) is 18.0 Å². The van der Waals surface area contributed by atoms with E-state index in [2.05, 4.69) is 34.4 Å². The van der Waals surface area contributed by atoms with Gasteiger partial charge in [-0.2, -0.15) is 0 Å². The Labute approximate surface area is 316 Å². The molecule has 14 heteroatoms. The molecule has 2 N–H and O–H groups in total. The smallest absolute Gasteiger partial charge is 0.325 e. The lowest BCUT2D eigenvalue weighted by Gasteiger charge is -2.34. The van der Waals surface area contributed by atoms with E-state index in [1.807, 2.05) is 51.3 Å². The van der Waals surface area contributed by atoms with Crippen LogP contribution in [0.3, 0.4) is 0 Å². The third-order valence-corrected chi connectivity index (χ3v) is 12.6. The number of methoxy groups -OCH3 is 1. The van der Waals surface area contributed by atoms with Crippen molar-refractivity contribution >= 4 is 40.0 Å². The van der Waals surface area contributed by atoms with Gasteiger partial charge in [0.25, 0.3) is 11.8 Å². The van der Waals surface area contributed by atoms with Gasteiger partial charge < -0.3 is 19.4 Å². The fourth-order valence-electron chi connectivity index (χ4n) is 8.36. The first-order chi connectivity index (χ1) is 25.7. The van der Waals surface area contributed by atoms with Crippen LogP contribution >= 0.6 is 11.3 Å².